The average molecular weight is 328 g/mol. The average Bonchev–Trinajstić information content (AvgIpc) is 3.33. The van der Waals surface area contributed by atoms with E-state index in [0.717, 1.165) is 12.8 Å². The molecule has 0 radical (unpaired) electrons. The van der Waals surface area contributed by atoms with Crippen LogP contribution in [0.5, 0.6) is 0 Å². The highest BCUT2D eigenvalue weighted by atomic mass is 35.5. The summed E-state index contributed by atoms with van der Waals surface area (Å²) in [5.41, 5.74) is 0.476. The van der Waals surface area contributed by atoms with Crippen LogP contribution in [0, 0.1) is 5.92 Å². The van der Waals surface area contributed by atoms with Gasteiger partial charge in [-0.25, -0.2) is 0 Å². The summed E-state index contributed by atoms with van der Waals surface area (Å²) in [5, 5.41) is 0.762. The van der Waals surface area contributed by atoms with Crippen molar-refractivity contribution >= 4 is 34.9 Å². The Hall–Kier alpha value is -1.10. The minimum Gasteiger partial charge on any atom is -0.367 e. The van der Waals surface area contributed by atoms with Gasteiger partial charge in [0.15, 0.2) is 5.78 Å². The van der Waals surface area contributed by atoms with Crippen LogP contribution >= 0.6 is 23.2 Å². The van der Waals surface area contributed by atoms with Crippen molar-refractivity contribution in [3.8, 4) is 0 Å². The first-order valence-electron chi connectivity index (χ1n) is 6.96. The van der Waals surface area contributed by atoms with Gasteiger partial charge in [-0.1, -0.05) is 23.2 Å². The molecule has 1 heterocycles. The van der Waals surface area contributed by atoms with Crippen LogP contribution in [0.25, 0.3) is 0 Å². The van der Waals surface area contributed by atoms with Crippen LogP contribution in [-0.2, 0) is 9.53 Å². The first-order valence-corrected chi connectivity index (χ1v) is 7.71. The van der Waals surface area contributed by atoms with Crippen molar-refractivity contribution in [2.24, 2.45) is 5.92 Å². The Morgan fingerprint density at radius 2 is 1.95 bits per heavy atom. The maximum atomic E-state index is 12.5. The Labute approximate surface area is 133 Å². The standard InChI is InChI=1S/C15H15Cl2NO3/c16-11-4-3-10(7-12(11)17)15(20)18-5-6-21-13(8-18)14(19)9-1-2-9/h3-4,7,9,13H,1-2,5-6,8H2/t13-/m0/s1. The predicted molar refractivity (Wildman–Crippen MR) is 79.8 cm³/mol. The number of carbonyl (C=O) groups excluding carboxylic acids is 2. The van der Waals surface area contributed by atoms with Gasteiger partial charge in [-0.05, 0) is 31.0 Å². The largest absolute Gasteiger partial charge is 0.367 e. The third-order valence-corrected chi connectivity index (χ3v) is 4.56. The van der Waals surface area contributed by atoms with Crippen molar-refractivity contribution in [1.82, 2.24) is 4.90 Å². The number of benzene rings is 1. The van der Waals surface area contributed by atoms with Gasteiger partial charge in [-0.3, -0.25) is 9.59 Å². The smallest absolute Gasteiger partial charge is 0.254 e. The molecule has 2 aliphatic rings. The highest BCUT2D eigenvalue weighted by molar-refractivity contribution is 6.42. The van der Waals surface area contributed by atoms with Crippen molar-refractivity contribution in [3.63, 3.8) is 0 Å². The summed E-state index contributed by atoms with van der Waals surface area (Å²) in [7, 11) is 0. The third-order valence-electron chi connectivity index (χ3n) is 3.82. The normalized spacial score (nSPS) is 22.2. The molecule has 1 amide bonds. The van der Waals surface area contributed by atoms with E-state index in [1.54, 1.807) is 23.1 Å². The fourth-order valence-electron chi connectivity index (χ4n) is 2.45. The molecule has 2 fully saturated rings. The maximum Gasteiger partial charge on any atom is 0.254 e. The summed E-state index contributed by atoms with van der Waals surface area (Å²) in [6.45, 7) is 1.18. The van der Waals surface area contributed by atoms with Crippen molar-refractivity contribution < 1.29 is 14.3 Å². The summed E-state index contributed by atoms with van der Waals surface area (Å²) < 4.78 is 5.51. The SMILES string of the molecule is O=C(C1CC1)[C@@H]1CN(C(=O)c2ccc(Cl)c(Cl)c2)CCO1. The highest BCUT2D eigenvalue weighted by Gasteiger charge is 2.38. The molecule has 0 aromatic heterocycles. The fraction of sp³-hybridized carbons (Fsp3) is 0.467. The van der Waals surface area contributed by atoms with Gasteiger partial charge < -0.3 is 9.64 Å². The molecule has 1 atom stereocenters. The lowest BCUT2D eigenvalue weighted by atomic mass is 10.1. The Kier molecular flexibility index (Phi) is 4.20. The molecule has 1 saturated carbocycles. The maximum absolute atomic E-state index is 12.5. The lowest BCUT2D eigenvalue weighted by molar-refractivity contribution is -0.136. The minimum atomic E-state index is -0.488. The number of Topliss-reactive ketones (excluding diaryl/α,β-unsaturated/α-hetero) is 1. The van der Waals surface area contributed by atoms with E-state index in [2.05, 4.69) is 0 Å². The van der Waals surface area contributed by atoms with Crippen molar-refractivity contribution in [2.75, 3.05) is 19.7 Å². The number of amides is 1. The van der Waals surface area contributed by atoms with E-state index in [9.17, 15) is 9.59 Å². The zero-order valence-corrected chi connectivity index (χ0v) is 12.9. The number of hydrogen-bond acceptors (Lipinski definition) is 3. The quantitative estimate of drug-likeness (QED) is 0.857. The van der Waals surface area contributed by atoms with E-state index in [0.29, 0.717) is 35.3 Å². The van der Waals surface area contributed by atoms with Crippen LogP contribution < -0.4 is 0 Å². The number of carbonyl (C=O) groups is 2. The van der Waals surface area contributed by atoms with Gasteiger partial charge in [0, 0.05) is 18.0 Å². The number of ether oxygens (including phenoxy) is 1. The van der Waals surface area contributed by atoms with Crippen molar-refractivity contribution in [3.05, 3.63) is 33.8 Å². The van der Waals surface area contributed by atoms with E-state index in [4.69, 9.17) is 27.9 Å². The molecule has 1 aliphatic heterocycles. The molecule has 112 valence electrons. The minimum absolute atomic E-state index is 0.127. The molecule has 1 aromatic rings. The second-order valence-corrected chi connectivity index (χ2v) is 6.23. The number of nitrogens with zero attached hydrogens (tertiary/aromatic N) is 1. The van der Waals surface area contributed by atoms with Crippen molar-refractivity contribution in [1.29, 1.82) is 0 Å². The van der Waals surface area contributed by atoms with Gasteiger partial charge in [0.1, 0.15) is 6.10 Å². The molecular weight excluding hydrogens is 313 g/mol. The van der Waals surface area contributed by atoms with Gasteiger partial charge in [0.05, 0.1) is 23.2 Å². The second kappa shape index (κ2) is 5.95. The number of ketones is 1. The molecule has 1 saturated heterocycles. The van der Waals surface area contributed by atoms with Gasteiger partial charge in [-0.2, -0.15) is 0 Å². The summed E-state index contributed by atoms with van der Waals surface area (Å²) in [4.78, 5) is 26.2. The Balaban J connectivity index is 1.71. The Morgan fingerprint density at radius 1 is 1.19 bits per heavy atom. The summed E-state index contributed by atoms with van der Waals surface area (Å²) in [6.07, 6.45) is 1.40. The number of rotatable bonds is 3. The summed E-state index contributed by atoms with van der Waals surface area (Å²) >= 11 is 11.8. The molecule has 1 aromatic carbocycles. The Bertz CT molecular complexity index is 586. The molecular formula is C15H15Cl2NO3. The van der Waals surface area contributed by atoms with E-state index >= 15 is 0 Å². The van der Waals surface area contributed by atoms with Gasteiger partial charge in [0.2, 0.25) is 0 Å². The second-order valence-electron chi connectivity index (χ2n) is 5.42. The topological polar surface area (TPSA) is 46.6 Å². The van der Waals surface area contributed by atoms with Crippen LogP contribution in [0.2, 0.25) is 10.0 Å². The van der Waals surface area contributed by atoms with Crippen LogP contribution in [0.1, 0.15) is 23.2 Å². The first kappa shape index (κ1) is 14.8. The molecule has 6 heteroatoms. The van der Waals surface area contributed by atoms with E-state index < -0.39 is 6.10 Å². The Morgan fingerprint density at radius 3 is 2.62 bits per heavy atom. The molecule has 4 nitrogen and oxygen atoms in total. The summed E-state index contributed by atoms with van der Waals surface area (Å²) in [6, 6.07) is 4.80. The number of morpholine rings is 1. The van der Waals surface area contributed by atoms with Crippen LogP contribution in [0.4, 0.5) is 0 Å². The molecule has 0 bridgehead atoms. The molecule has 3 rings (SSSR count). The van der Waals surface area contributed by atoms with Crippen LogP contribution in [0.15, 0.2) is 18.2 Å². The monoisotopic (exact) mass is 327 g/mol. The summed E-state index contributed by atoms with van der Waals surface area (Å²) in [5.74, 6) is 0.113. The molecule has 1 aliphatic carbocycles. The van der Waals surface area contributed by atoms with E-state index in [-0.39, 0.29) is 17.6 Å². The fourth-order valence-corrected chi connectivity index (χ4v) is 2.75. The van der Waals surface area contributed by atoms with Crippen molar-refractivity contribution in [2.45, 2.75) is 18.9 Å². The van der Waals surface area contributed by atoms with Crippen LogP contribution in [0.3, 0.4) is 0 Å². The number of hydrogen-bond donors (Lipinski definition) is 0. The van der Waals surface area contributed by atoms with E-state index in [1.807, 2.05) is 0 Å². The van der Waals surface area contributed by atoms with E-state index in [1.165, 1.54) is 0 Å². The van der Waals surface area contributed by atoms with Gasteiger partial charge >= 0.3 is 0 Å². The molecule has 0 N–H and O–H groups in total. The highest BCUT2D eigenvalue weighted by Crippen LogP contribution is 2.32. The lowest BCUT2D eigenvalue weighted by Crippen LogP contribution is -2.49. The first-order chi connectivity index (χ1) is 10.1. The molecule has 0 spiro atoms. The number of halogens is 2. The molecule has 21 heavy (non-hydrogen) atoms. The lowest BCUT2D eigenvalue weighted by Gasteiger charge is -2.32. The zero-order valence-electron chi connectivity index (χ0n) is 11.4. The van der Waals surface area contributed by atoms with Crippen LogP contribution in [-0.4, -0.2) is 42.4 Å². The molecule has 0 unspecified atom stereocenters. The van der Waals surface area contributed by atoms with Gasteiger partial charge in [-0.15, -0.1) is 0 Å². The zero-order chi connectivity index (χ0) is 15.0. The van der Waals surface area contributed by atoms with Gasteiger partial charge in [0.25, 0.3) is 5.91 Å². The third kappa shape index (κ3) is 3.23. The predicted octanol–water partition coefficient (Wildman–Crippen LogP) is 2.81.